The molecule has 17 heavy (non-hydrogen) atoms. The van der Waals surface area contributed by atoms with Crippen LogP contribution in [0.1, 0.15) is 24.1 Å². The molecule has 0 spiro atoms. The van der Waals surface area contributed by atoms with Gasteiger partial charge in [-0.05, 0) is 31.4 Å². The molecule has 0 atom stereocenters. The summed E-state index contributed by atoms with van der Waals surface area (Å²) in [5.74, 6) is -0.731. The molecule has 1 fully saturated rings. The standard InChI is InChI=1S/C13H17NO3/c1-10-3-2-6-14-11(10)9-13(12(15)16)4-7-17-8-5-13/h2-3,6H,4-5,7-9H2,1H3,(H,15,16). The van der Waals surface area contributed by atoms with Gasteiger partial charge in [-0.15, -0.1) is 0 Å². The number of aliphatic carboxylic acids is 1. The van der Waals surface area contributed by atoms with Crippen molar-refractivity contribution in [1.29, 1.82) is 0 Å². The summed E-state index contributed by atoms with van der Waals surface area (Å²) in [5, 5.41) is 9.46. The molecular weight excluding hydrogens is 218 g/mol. The van der Waals surface area contributed by atoms with Crippen molar-refractivity contribution in [2.75, 3.05) is 13.2 Å². The Labute approximate surface area is 101 Å². The van der Waals surface area contributed by atoms with E-state index in [1.807, 2.05) is 19.1 Å². The van der Waals surface area contributed by atoms with E-state index >= 15 is 0 Å². The number of hydrogen-bond acceptors (Lipinski definition) is 3. The monoisotopic (exact) mass is 235 g/mol. The van der Waals surface area contributed by atoms with E-state index in [0.717, 1.165) is 11.3 Å². The lowest BCUT2D eigenvalue weighted by Crippen LogP contribution is -2.39. The third kappa shape index (κ3) is 2.47. The van der Waals surface area contributed by atoms with Crippen LogP contribution in [0.2, 0.25) is 0 Å². The fourth-order valence-corrected chi connectivity index (χ4v) is 2.25. The molecular formula is C13H17NO3. The molecule has 0 aliphatic carbocycles. The quantitative estimate of drug-likeness (QED) is 0.868. The second-order valence-corrected chi connectivity index (χ2v) is 4.64. The van der Waals surface area contributed by atoms with Gasteiger partial charge in [0.05, 0.1) is 5.41 Å². The van der Waals surface area contributed by atoms with Gasteiger partial charge >= 0.3 is 5.97 Å². The molecule has 2 rings (SSSR count). The highest BCUT2D eigenvalue weighted by molar-refractivity contribution is 5.75. The number of aromatic nitrogens is 1. The number of nitrogens with zero attached hydrogens (tertiary/aromatic N) is 1. The van der Waals surface area contributed by atoms with Crippen LogP contribution in [-0.4, -0.2) is 29.3 Å². The van der Waals surface area contributed by atoms with Gasteiger partial charge in [0.2, 0.25) is 0 Å². The third-order valence-electron chi connectivity index (χ3n) is 3.53. The molecule has 1 aliphatic rings. The Kier molecular flexibility index (Phi) is 3.43. The van der Waals surface area contributed by atoms with Crippen LogP contribution in [0.25, 0.3) is 0 Å². The Morgan fingerprint density at radius 1 is 1.53 bits per heavy atom. The van der Waals surface area contributed by atoms with Gasteiger partial charge in [0.1, 0.15) is 0 Å². The van der Waals surface area contributed by atoms with Crippen molar-refractivity contribution in [2.24, 2.45) is 5.41 Å². The van der Waals surface area contributed by atoms with Gasteiger partial charge in [-0.1, -0.05) is 6.07 Å². The first-order chi connectivity index (χ1) is 8.14. The summed E-state index contributed by atoms with van der Waals surface area (Å²) in [7, 11) is 0. The van der Waals surface area contributed by atoms with Crippen molar-refractivity contribution in [1.82, 2.24) is 4.98 Å². The predicted octanol–water partition coefficient (Wildman–Crippen LogP) is 1.81. The minimum atomic E-state index is -0.731. The second-order valence-electron chi connectivity index (χ2n) is 4.64. The third-order valence-corrected chi connectivity index (χ3v) is 3.53. The van der Waals surface area contributed by atoms with E-state index in [1.165, 1.54) is 0 Å². The number of carboxylic acid groups (broad SMARTS) is 1. The van der Waals surface area contributed by atoms with E-state index in [2.05, 4.69) is 4.98 Å². The fraction of sp³-hybridized carbons (Fsp3) is 0.538. The maximum atomic E-state index is 11.5. The van der Waals surface area contributed by atoms with Crippen molar-refractivity contribution in [3.05, 3.63) is 29.6 Å². The average molecular weight is 235 g/mol. The zero-order valence-electron chi connectivity index (χ0n) is 9.98. The summed E-state index contributed by atoms with van der Waals surface area (Å²) >= 11 is 0. The van der Waals surface area contributed by atoms with Gasteiger partial charge in [0.25, 0.3) is 0 Å². The topological polar surface area (TPSA) is 59.4 Å². The molecule has 2 heterocycles. The van der Waals surface area contributed by atoms with E-state index in [0.29, 0.717) is 32.5 Å². The number of pyridine rings is 1. The van der Waals surface area contributed by atoms with Crippen molar-refractivity contribution >= 4 is 5.97 Å². The van der Waals surface area contributed by atoms with Crippen LogP contribution in [0.5, 0.6) is 0 Å². The molecule has 4 nitrogen and oxygen atoms in total. The van der Waals surface area contributed by atoms with Crippen molar-refractivity contribution in [2.45, 2.75) is 26.2 Å². The highest BCUT2D eigenvalue weighted by Crippen LogP contribution is 2.34. The zero-order chi connectivity index (χ0) is 12.3. The van der Waals surface area contributed by atoms with Gasteiger partial charge in [0.15, 0.2) is 0 Å². The minimum Gasteiger partial charge on any atom is -0.481 e. The van der Waals surface area contributed by atoms with Gasteiger partial charge in [-0.25, -0.2) is 0 Å². The lowest BCUT2D eigenvalue weighted by Gasteiger charge is -2.33. The van der Waals surface area contributed by atoms with Gasteiger partial charge < -0.3 is 9.84 Å². The van der Waals surface area contributed by atoms with Crippen LogP contribution in [0.3, 0.4) is 0 Å². The van der Waals surface area contributed by atoms with Crippen LogP contribution in [-0.2, 0) is 16.0 Å². The molecule has 0 radical (unpaired) electrons. The summed E-state index contributed by atoms with van der Waals surface area (Å²) in [4.78, 5) is 15.8. The number of aryl methyl sites for hydroxylation is 1. The minimum absolute atomic E-state index is 0.498. The molecule has 4 heteroatoms. The Morgan fingerprint density at radius 3 is 2.82 bits per heavy atom. The van der Waals surface area contributed by atoms with E-state index < -0.39 is 11.4 Å². The smallest absolute Gasteiger partial charge is 0.310 e. The van der Waals surface area contributed by atoms with Crippen LogP contribution in [0.4, 0.5) is 0 Å². The van der Waals surface area contributed by atoms with Gasteiger partial charge in [0, 0.05) is 31.5 Å². The van der Waals surface area contributed by atoms with Crippen LogP contribution >= 0.6 is 0 Å². The number of rotatable bonds is 3. The summed E-state index contributed by atoms with van der Waals surface area (Å²) in [5.41, 5.74) is 1.24. The Morgan fingerprint density at radius 2 is 2.24 bits per heavy atom. The fourth-order valence-electron chi connectivity index (χ4n) is 2.25. The molecule has 1 N–H and O–H groups in total. The molecule has 1 aromatic rings. The average Bonchev–Trinajstić information content (AvgIpc) is 2.33. The highest BCUT2D eigenvalue weighted by Gasteiger charge is 2.40. The normalized spacial score (nSPS) is 18.9. The molecule has 0 bridgehead atoms. The van der Waals surface area contributed by atoms with Gasteiger partial charge in [-0.2, -0.15) is 0 Å². The van der Waals surface area contributed by atoms with E-state index in [9.17, 15) is 9.90 Å². The largest absolute Gasteiger partial charge is 0.481 e. The Balaban J connectivity index is 2.24. The van der Waals surface area contributed by atoms with Gasteiger partial charge in [-0.3, -0.25) is 9.78 Å². The van der Waals surface area contributed by atoms with E-state index in [4.69, 9.17) is 4.74 Å². The van der Waals surface area contributed by atoms with Crippen molar-refractivity contribution in [3.8, 4) is 0 Å². The first kappa shape index (κ1) is 12.0. The molecule has 92 valence electrons. The maximum Gasteiger partial charge on any atom is 0.310 e. The summed E-state index contributed by atoms with van der Waals surface area (Å²) < 4.78 is 5.26. The SMILES string of the molecule is Cc1cccnc1CC1(C(=O)O)CCOCC1. The molecule has 1 aliphatic heterocycles. The van der Waals surface area contributed by atoms with Crippen LogP contribution in [0, 0.1) is 12.3 Å². The van der Waals surface area contributed by atoms with Crippen LogP contribution in [0.15, 0.2) is 18.3 Å². The van der Waals surface area contributed by atoms with Crippen molar-refractivity contribution in [3.63, 3.8) is 0 Å². The molecule has 0 amide bonds. The predicted molar refractivity (Wildman–Crippen MR) is 62.8 cm³/mol. The number of carbonyl (C=O) groups is 1. The summed E-state index contributed by atoms with van der Waals surface area (Å²) in [6.45, 7) is 3.02. The lowest BCUT2D eigenvalue weighted by molar-refractivity contribution is -0.154. The number of hydrogen-bond donors (Lipinski definition) is 1. The Bertz CT molecular complexity index is 411. The molecule has 1 saturated heterocycles. The van der Waals surface area contributed by atoms with Crippen LogP contribution < -0.4 is 0 Å². The highest BCUT2D eigenvalue weighted by atomic mass is 16.5. The molecule has 1 aromatic heterocycles. The molecule has 0 aromatic carbocycles. The van der Waals surface area contributed by atoms with Crippen molar-refractivity contribution < 1.29 is 14.6 Å². The van der Waals surface area contributed by atoms with E-state index in [1.54, 1.807) is 6.20 Å². The first-order valence-electron chi connectivity index (χ1n) is 5.86. The number of ether oxygens (including phenoxy) is 1. The number of carboxylic acids is 1. The van der Waals surface area contributed by atoms with E-state index in [-0.39, 0.29) is 0 Å². The summed E-state index contributed by atoms with van der Waals surface area (Å²) in [6.07, 6.45) is 3.35. The molecule has 0 saturated carbocycles. The first-order valence-corrected chi connectivity index (χ1v) is 5.86. The zero-order valence-corrected chi connectivity index (χ0v) is 9.98. The molecule has 0 unspecified atom stereocenters. The Hall–Kier alpha value is -1.42. The lowest BCUT2D eigenvalue weighted by atomic mass is 9.76. The summed E-state index contributed by atoms with van der Waals surface area (Å²) in [6, 6.07) is 3.84. The maximum absolute atomic E-state index is 11.5. The second kappa shape index (κ2) is 4.84.